The summed E-state index contributed by atoms with van der Waals surface area (Å²) < 4.78 is 3.14. The van der Waals surface area contributed by atoms with E-state index in [9.17, 15) is 4.79 Å². The van der Waals surface area contributed by atoms with Crippen molar-refractivity contribution in [2.24, 2.45) is 14.1 Å². The van der Waals surface area contributed by atoms with Crippen LogP contribution in [0.3, 0.4) is 0 Å². The zero-order chi connectivity index (χ0) is 10.1. The van der Waals surface area contributed by atoms with Gasteiger partial charge in [-0.05, 0) is 0 Å². The van der Waals surface area contributed by atoms with Crippen molar-refractivity contribution in [1.82, 2.24) is 24.5 Å². The minimum atomic E-state index is -0.168. The van der Waals surface area contributed by atoms with Gasteiger partial charge in [-0.25, -0.2) is 4.98 Å². The molecule has 6 nitrogen and oxygen atoms in total. The number of nitrogens with zero attached hydrogens (tertiary/aromatic N) is 5. The molecular formula is C8H9N5O. The second kappa shape index (κ2) is 3.06. The van der Waals surface area contributed by atoms with Crippen LogP contribution in [0.4, 0.5) is 0 Å². The molecule has 0 radical (unpaired) electrons. The summed E-state index contributed by atoms with van der Waals surface area (Å²) in [5.74, 6) is -0.168. The van der Waals surface area contributed by atoms with Crippen molar-refractivity contribution in [2.45, 2.75) is 0 Å². The SMILES string of the molecule is Cn1cc(C(=O)c2cncn2C)nn1. The molecule has 0 aliphatic carbocycles. The lowest BCUT2D eigenvalue weighted by molar-refractivity contribution is 0.102. The van der Waals surface area contributed by atoms with Crippen LogP contribution in [0.2, 0.25) is 0 Å². The van der Waals surface area contributed by atoms with Crippen LogP contribution in [0.15, 0.2) is 18.7 Å². The smallest absolute Gasteiger partial charge is 0.232 e. The van der Waals surface area contributed by atoms with E-state index < -0.39 is 0 Å². The van der Waals surface area contributed by atoms with Gasteiger partial charge in [0.1, 0.15) is 5.69 Å². The second-order valence-electron chi connectivity index (χ2n) is 3.00. The predicted octanol–water partition coefficient (Wildman–Crippen LogP) is -0.220. The molecule has 2 rings (SSSR count). The van der Waals surface area contributed by atoms with Gasteiger partial charge in [-0.2, -0.15) is 0 Å². The van der Waals surface area contributed by atoms with Gasteiger partial charge in [0.05, 0.1) is 18.7 Å². The molecule has 0 atom stereocenters. The van der Waals surface area contributed by atoms with Crippen LogP contribution in [0, 0.1) is 0 Å². The number of aryl methyl sites for hydroxylation is 2. The van der Waals surface area contributed by atoms with E-state index in [0.717, 1.165) is 0 Å². The van der Waals surface area contributed by atoms with E-state index in [4.69, 9.17) is 0 Å². The highest BCUT2D eigenvalue weighted by Gasteiger charge is 2.15. The van der Waals surface area contributed by atoms with Crippen LogP contribution in [-0.4, -0.2) is 30.3 Å². The highest BCUT2D eigenvalue weighted by molar-refractivity contribution is 6.06. The van der Waals surface area contributed by atoms with Crippen molar-refractivity contribution in [3.63, 3.8) is 0 Å². The average Bonchev–Trinajstić information content (AvgIpc) is 2.73. The Morgan fingerprint density at radius 3 is 2.71 bits per heavy atom. The van der Waals surface area contributed by atoms with E-state index in [2.05, 4.69) is 15.3 Å². The van der Waals surface area contributed by atoms with E-state index in [-0.39, 0.29) is 5.78 Å². The number of imidazole rings is 1. The van der Waals surface area contributed by atoms with E-state index in [1.807, 2.05) is 0 Å². The number of aromatic nitrogens is 5. The third kappa shape index (κ3) is 1.30. The highest BCUT2D eigenvalue weighted by atomic mass is 16.1. The quantitative estimate of drug-likeness (QED) is 0.615. The van der Waals surface area contributed by atoms with Gasteiger partial charge in [0, 0.05) is 14.1 Å². The van der Waals surface area contributed by atoms with Gasteiger partial charge in [0.15, 0.2) is 5.69 Å². The Balaban J connectivity index is 2.38. The Labute approximate surface area is 80.2 Å². The Morgan fingerprint density at radius 2 is 2.21 bits per heavy atom. The number of carbonyl (C=O) groups is 1. The van der Waals surface area contributed by atoms with Crippen molar-refractivity contribution in [2.75, 3.05) is 0 Å². The molecule has 0 aromatic carbocycles. The largest absolute Gasteiger partial charge is 0.331 e. The van der Waals surface area contributed by atoms with E-state index in [1.54, 1.807) is 31.2 Å². The molecule has 0 bridgehead atoms. The maximum Gasteiger partial charge on any atom is 0.232 e. The molecule has 0 saturated carbocycles. The fraction of sp³-hybridized carbons (Fsp3) is 0.250. The Kier molecular flexibility index (Phi) is 1.88. The minimum Gasteiger partial charge on any atom is -0.331 e. The van der Waals surface area contributed by atoms with Crippen molar-refractivity contribution >= 4 is 5.78 Å². The summed E-state index contributed by atoms with van der Waals surface area (Å²) in [6, 6.07) is 0. The topological polar surface area (TPSA) is 65.6 Å². The summed E-state index contributed by atoms with van der Waals surface area (Å²) >= 11 is 0. The van der Waals surface area contributed by atoms with E-state index in [1.165, 1.54) is 10.9 Å². The molecule has 2 heterocycles. The van der Waals surface area contributed by atoms with Gasteiger partial charge < -0.3 is 4.57 Å². The van der Waals surface area contributed by atoms with Gasteiger partial charge in [-0.3, -0.25) is 9.48 Å². The summed E-state index contributed by atoms with van der Waals surface area (Å²) in [6.45, 7) is 0. The molecule has 0 fully saturated rings. The van der Waals surface area contributed by atoms with Crippen LogP contribution in [-0.2, 0) is 14.1 Å². The van der Waals surface area contributed by atoms with Crippen molar-refractivity contribution in [3.8, 4) is 0 Å². The van der Waals surface area contributed by atoms with E-state index >= 15 is 0 Å². The van der Waals surface area contributed by atoms with E-state index in [0.29, 0.717) is 11.4 Å². The second-order valence-corrected chi connectivity index (χ2v) is 3.00. The fourth-order valence-corrected chi connectivity index (χ4v) is 1.16. The lowest BCUT2D eigenvalue weighted by Crippen LogP contribution is -2.07. The monoisotopic (exact) mass is 191 g/mol. The highest BCUT2D eigenvalue weighted by Crippen LogP contribution is 2.04. The molecule has 2 aromatic rings. The van der Waals surface area contributed by atoms with Crippen molar-refractivity contribution < 1.29 is 4.79 Å². The first-order valence-electron chi connectivity index (χ1n) is 4.06. The minimum absolute atomic E-state index is 0.168. The Hall–Kier alpha value is -1.98. The number of hydrogen-bond donors (Lipinski definition) is 0. The third-order valence-corrected chi connectivity index (χ3v) is 1.88. The van der Waals surface area contributed by atoms with Crippen LogP contribution >= 0.6 is 0 Å². The molecule has 0 unspecified atom stereocenters. The summed E-state index contributed by atoms with van der Waals surface area (Å²) in [7, 11) is 3.48. The molecule has 0 aliphatic rings. The van der Waals surface area contributed by atoms with Crippen molar-refractivity contribution in [1.29, 1.82) is 0 Å². The number of carbonyl (C=O) groups excluding carboxylic acids is 1. The Morgan fingerprint density at radius 1 is 1.43 bits per heavy atom. The van der Waals surface area contributed by atoms with Crippen LogP contribution < -0.4 is 0 Å². The van der Waals surface area contributed by atoms with Crippen molar-refractivity contribution in [3.05, 3.63) is 30.1 Å². The van der Waals surface area contributed by atoms with Gasteiger partial charge in [0.25, 0.3) is 0 Å². The normalized spacial score (nSPS) is 10.4. The average molecular weight is 191 g/mol. The first-order chi connectivity index (χ1) is 6.68. The van der Waals surface area contributed by atoms with Gasteiger partial charge >= 0.3 is 0 Å². The molecule has 0 aliphatic heterocycles. The van der Waals surface area contributed by atoms with Gasteiger partial charge in [-0.1, -0.05) is 5.21 Å². The number of rotatable bonds is 2. The molecule has 0 N–H and O–H groups in total. The zero-order valence-electron chi connectivity index (χ0n) is 7.88. The number of ketones is 1. The van der Waals surface area contributed by atoms with Gasteiger partial charge in [-0.15, -0.1) is 5.10 Å². The first-order valence-corrected chi connectivity index (χ1v) is 4.06. The molecular weight excluding hydrogens is 182 g/mol. The molecule has 6 heteroatoms. The summed E-state index contributed by atoms with van der Waals surface area (Å²) in [5.41, 5.74) is 0.835. The molecule has 0 saturated heterocycles. The van der Waals surface area contributed by atoms with Crippen LogP contribution in [0.1, 0.15) is 16.2 Å². The molecule has 14 heavy (non-hydrogen) atoms. The summed E-state index contributed by atoms with van der Waals surface area (Å²) in [6.07, 6.45) is 4.66. The molecule has 0 amide bonds. The predicted molar refractivity (Wildman–Crippen MR) is 47.6 cm³/mol. The summed E-state index contributed by atoms with van der Waals surface area (Å²) in [5, 5.41) is 7.43. The maximum atomic E-state index is 11.8. The standard InChI is InChI=1S/C8H9N5O/c1-12-5-9-3-7(12)8(14)6-4-13(2)11-10-6/h3-5H,1-2H3. The van der Waals surface area contributed by atoms with Gasteiger partial charge in [0.2, 0.25) is 5.78 Å². The lowest BCUT2D eigenvalue weighted by atomic mass is 10.2. The molecule has 0 spiro atoms. The summed E-state index contributed by atoms with van der Waals surface area (Å²) in [4.78, 5) is 15.6. The van der Waals surface area contributed by atoms with Crippen LogP contribution in [0.25, 0.3) is 0 Å². The number of hydrogen-bond acceptors (Lipinski definition) is 4. The zero-order valence-corrected chi connectivity index (χ0v) is 7.88. The molecule has 2 aromatic heterocycles. The Bertz CT molecular complexity index is 470. The maximum absolute atomic E-state index is 11.8. The third-order valence-electron chi connectivity index (χ3n) is 1.88. The fourth-order valence-electron chi connectivity index (χ4n) is 1.16. The lowest BCUT2D eigenvalue weighted by Gasteiger charge is -1.96. The van der Waals surface area contributed by atoms with Crippen LogP contribution in [0.5, 0.6) is 0 Å². The molecule has 72 valence electrons. The first kappa shape index (κ1) is 8.61.